The van der Waals surface area contributed by atoms with E-state index in [1.165, 1.54) is 18.2 Å². The van der Waals surface area contributed by atoms with Gasteiger partial charge in [0.1, 0.15) is 4.90 Å². The number of hydrogen-bond acceptors (Lipinski definition) is 3. The fourth-order valence-corrected chi connectivity index (χ4v) is 3.67. The highest BCUT2D eigenvalue weighted by Crippen LogP contribution is 2.23. The van der Waals surface area contributed by atoms with Gasteiger partial charge in [-0.3, -0.25) is 0 Å². The van der Waals surface area contributed by atoms with Crippen molar-refractivity contribution in [2.24, 2.45) is 5.92 Å². The van der Waals surface area contributed by atoms with Gasteiger partial charge in [0.05, 0.1) is 16.7 Å². The highest BCUT2D eigenvalue weighted by Gasteiger charge is 2.21. The molecule has 4 nitrogen and oxygen atoms in total. The SMILES string of the molecule is CC(C)CC(C)NS(=O)(=O)c1ccc(C#N)cc1Cl. The highest BCUT2D eigenvalue weighted by molar-refractivity contribution is 7.89. The molecular weight excluding hydrogens is 284 g/mol. The zero-order valence-corrected chi connectivity index (χ0v) is 12.7. The fraction of sp³-hybridized carbons (Fsp3) is 0.462. The van der Waals surface area contributed by atoms with Crippen LogP contribution in [0.2, 0.25) is 5.02 Å². The summed E-state index contributed by atoms with van der Waals surface area (Å²) in [6.45, 7) is 5.87. The van der Waals surface area contributed by atoms with E-state index in [4.69, 9.17) is 16.9 Å². The molecule has 1 unspecified atom stereocenters. The molecule has 0 aliphatic rings. The number of nitrogens with one attached hydrogen (secondary N) is 1. The largest absolute Gasteiger partial charge is 0.242 e. The molecule has 0 aliphatic carbocycles. The van der Waals surface area contributed by atoms with E-state index < -0.39 is 10.0 Å². The minimum absolute atomic E-state index is 0.00349. The summed E-state index contributed by atoms with van der Waals surface area (Å²) < 4.78 is 26.9. The molecule has 0 saturated heterocycles. The summed E-state index contributed by atoms with van der Waals surface area (Å²) in [6, 6.07) is 5.88. The maximum absolute atomic E-state index is 12.2. The van der Waals surface area contributed by atoms with Gasteiger partial charge in [-0.05, 0) is 37.5 Å². The molecule has 0 radical (unpaired) electrons. The van der Waals surface area contributed by atoms with E-state index in [1.807, 2.05) is 26.8 Å². The molecule has 1 N–H and O–H groups in total. The second-order valence-corrected chi connectivity index (χ2v) is 7.00. The first-order chi connectivity index (χ1) is 8.76. The minimum atomic E-state index is -3.65. The van der Waals surface area contributed by atoms with Gasteiger partial charge in [0, 0.05) is 6.04 Å². The molecular formula is C13H17ClN2O2S. The third kappa shape index (κ3) is 4.50. The molecule has 1 rings (SSSR count). The van der Waals surface area contributed by atoms with E-state index in [0.29, 0.717) is 11.5 Å². The molecule has 0 spiro atoms. The Morgan fingerprint density at radius 2 is 2.00 bits per heavy atom. The standard InChI is InChI=1S/C13H17ClN2O2S/c1-9(2)6-10(3)16-19(17,18)13-5-4-11(8-15)7-12(13)14/h4-5,7,9-10,16H,6H2,1-3H3. The number of rotatable bonds is 5. The van der Waals surface area contributed by atoms with Gasteiger partial charge in [-0.1, -0.05) is 25.4 Å². The van der Waals surface area contributed by atoms with Gasteiger partial charge in [0.25, 0.3) is 0 Å². The van der Waals surface area contributed by atoms with Gasteiger partial charge in [-0.15, -0.1) is 0 Å². The Morgan fingerprint density at radius 1 is 1.37 bits per heavy atom. The van der Waals surface area contributed by atoms with Gasteiger partial charge in [-0.25, -0.2) is 13.1 Å². The second kappa shape index (κ2) is 6.38. The summed E-state index contributed by atoms with van der Waals surface area (Å²) in [5.74, 6) is 0.397. The Balaban J connectivity index is 2.98. The molecule has 0 bridgehead atoms. The number of benzene rings is 1. The predicted octanol–water partition coefficient (Wildman–Crippen LogP) is 2.92. The lowest BCUT2D eigenvalue weighted by Crippen LogP contribution is -2.33. The lowest BCUT2D eigenvalue weighted by atomic mass is 10.1. The van der Waals surface area contributed by atoms with Crippen molar-refractivity contribution >= 4 is 21.6 Å². The molecule has 0 saturated carbocycles. The van der Waals surface area contributed by atoms with Crippen molar-refractivity contribution in [1.29, 1.82) is 5.26 Å². The molecule has 0 fully saturated rings. The number of nitriles is 1. The second-order valence-electron chi connectivity index (χ2n) is 4.91. The zero-order chi connectivity index (χ0) is 14.6. The molecule has 6 heteroatoms. The summed E-state index contributed by atoms with van der Waals surface area (Å²) in [7, 11) is -3.65. The monoisotopic (exact) mass is 300 g/mol. The fourth-order valence-electron chi connectivity index (χ4n) is 1.87. The summed E-state index contributed by atoms with van der Waals surface area (Å²) in [5.41, 5.74) is 0.333. The maximum Gasteiger partial charge on any atom is 0.242 e. The molecule has 0 aliphatic heterocycles. The van der Waals surface area contributed by atoms with Crippen molar-refractivity contribution < 1.29 is 8.42 Å². The molecule has 0 amide bonds. The Bertz CT molecular complexity index is 591. The first-order valence-electron chi connectivity index (χ1n) is 5.98. The first kappa shape index (κ1) is 16.0. The smallest absolute Gasteiger partial charge is 0.208 e. The number of sulfonamides is 1. The Morgan fingerprint density at radius 3 is 2.47 bits per heavy atom. The van der Waals surface area contributed by atoms with E-state index in [1.54, 1.807) is 0 Å². The predicted molar refractivity (Wildman–Crippen MR) is 75.4 cm³/mol. The van der Waals surface area contributed by atoms with Gasteiger partial charge in [0.15, 0.2) is 0 Å². The molecule has 104 valence electrons. The van der Waals surface area contributed by atoms with Crippen LogP contribution < -0.4 is 4.72 Å². The van der Waals surface area contributed by atoms with E-state index >= 15 is 0 Å². The number of hydrogen-bond donors (Lipinski definition) is 1. The Kier molecular flexibility index (Phi) is 5.36. The van der Waals surface area contributed by atoms with Crippen molar-refractivity contribution in [1.82, 2.24) is 4.72 Å². The Labute approximate surface area is 119 Å². The lowest BCUT2D eigenvalue weighted by Gasteiger charge is -2.16. The topological polar surface area (TPSA) is 70.0 Å². The van der Waals surface area contributed by atoms with E-state index in [-0.39, 0.29) is 16.0 Å². The van der Waals surface area contributed by atoms with Crippen LogP contribution in [0.5, 0.6) is 0 Å². The van der Waals surface area contributed by atoms with Crippen molar-refractivity contribution in [3.63, 3.8) is 0 Å². The third-order valence-corrected chi connectivity index (χ3v) is 4.60. The van der Waals surface area contributed by atoms with Crippen LogP contribution in [0.15, 0.2) is 23.1 Å². The van der Waals surface area contributed by atoms with Gasteiger partial charge in [0.2, 0.25) is 10.0 Å². The van der Waals surface area contributed by atoms with Gasteiger partial charge >= 0.3 is 0 Å². The van der Waals surface area contributed by atoms with Crippen LogP contribution in [0.3, 0.4) is 0 Å². The van der Waals surface area contributed by atoms with Crippen LogP contribution >= 0.6 is 11.6 Å². The van der Waals surface area contributed by atoms with Crippen LogP contribution in [-0.4, -0.2) is 14.5 Å². The molecule has 19 heavy (non-hydrogen) atoms. The summed E-state index contributed by atoms with van der Waals surface area (Å²) in [4.78, 5) is 0.00349. The van der Waals surface area contributed by atoms with Crippen molar-refractivity contribution in [2.45, 2.75) is 38.1 Å². The summed E-state index contributed by atoms with van der Waals surface area (Å²) >= 11 is 5.91. The van der Waals surface area contributed by atoms with Gasteiger partial charge < -0.3 is 0 Å². The van der Waals surface area contributed by atoms with E-state index in [2.05, 4.69) is 4.72 Å². The van der Waals surface area contributed by atoms with Crippen molar-refractivity contribution in [3.8, 4) is 6.07 Å². The average Bonchev–Trinajstić information content (AvgIpc) is 2.26. The van der Waals surface area contributed by atoms with Crippen LogP contribution in [0.1, 0.15) is 32.8 Å². The maximum atomic E-state index is 12.2. The highest BCUT2D eigenvalue weighted by atomic mass is 35.5. The van der Waals surface area contributed by atoms with Gasteiger partial charge in [-0.2, -0.15) is 5.26 Å². The normalized spacial score (nSPS) is 13.3. The van der Waals surface area contributed by atoms with Crippen LogP contribution in [0.4, 0.5) is 0 Å². The molecule has 1 atom stereocenters. The van der Waals surface area contributed by atoms with Crippen molar-refractivity contribution in [3.05, 3.63) is 28.8 Å². The number of nitrogens with zero attached hydrogens (tertiary/aromatic N) is 1. The van der Waals surface area contributed by atoms with E-state index in [0.717, 1.165) is 6.42 Å². The van der Waals surface area contributed by atoms with E-state index in [9.17, 15) is 8.42 Å². The summed E-state index contributed by atoms with van der Waals surface area (Å²) in [5, 5.41) is 8.79. The molecule has 1 aromatic rings. The molecule has 0 aromatic heterocycles. The Hall–Kier alpha value is -1.09. The third-order valence-electron chi connectivity index (χ3n) is 2.53. The zero-order valence-electron chi connectivity index (χ0n) is 11.1. The van der Waals surface area contributed by atoms with Crippen LogP contribution in [-0.2, 0) is 10.0 Å². The van der Waals surface area contributed by atoms with Crippen molar-refractivity contribution in [2.75, 3.05) is 0 Å². The quantitative estimate of drug-likeness (QED) is 0.909. The van der Waals surface area contributed by atoms with Crippen LogP contribution in [0, 0.1) is 17.2 Å². The molecule has 1 aromatic carbocycles. The molecule has 0 heterocycles. The summed E-state index contributed by atoms with van der Waals surface area (Å²) in [6.07, 6.45) is 0.743. The lowest BCUT2D eigenvalue weighted by molar-refractivity contribution is 0.482. The van der Waals surface area contributed by atoms with Crippen LogP contribution in [0.25, 0.3) is 0 Å². The number of halogens is 1. The minimum Gasteiger partial charge on any atom is -0.208 e. The average molecular weight is 301 g/mol. The first-order valence-corrected chi connectivity index (χ1v) is 7.84.